The molecule has 1 N–H and O–H groups in total. The van der Waals surface area contributed by atoms with Crippen molar-refractivity contribution in [1.82, 2.24) is 5.32 Å². The Bertz CT molecular complexity index is 402. The summed E-state index contributed by atoms with van der Waals surface area (Å²) >= 11 is 3.55. The zero-order chi connectivity index (χ0) is 13.1. The van der Waals surface area contributed by atoms with E-state index in [1.54, 1.807) is 0 Å². The third-order valence-corrected chi connectivity index (χ3v) is 5.39. The van der Waals surface area contributed by atoms with E-state index in [1.165, 1.54) is 34.9 Å². The Hall–Kier alpha value is -0.340. The first kappa shape index (κ1) is 14.1. The topological polar surface area (TPSA) is 12.0 Å². The summed E-state index contributed by atoms with van der Waals surface area (Å²) in [5, 5.41) is 3.75. The summed E-state index contributed by atoms with van der Waals surface area (Å²) in [7, 11) is 0. The quantitative estimate of drug-likeness (QED) is 0.855. The van der Waals surface area contributed by atoms with E-state index in [9.17, 15) is 0 Å². The Kier molecular flexibility index (Phi) is 4.85. The molecule has 3 unspecified atom stereocenters. The summed E-state index contributed by atoms with van der Waals surface area (Å²) < 4.78 is 1.20. The van der Waals surface area contributed by atoms with Gasteiger partial charge in [-0.25, -0.2) is 0 Å². The zero-order valence-corrected chi connectivity index (χ0v) is 13.3. The zero-order valence-electron chi connectivity index (χ0n) is 11.7. The molecule has 0 saturated heterocycles. The van der Waals surface area contributed by atoms with Crippen LogP contribution in [-0.2, 0) is 6.54 Å². The molecule has 1 aromatic rings. The molecular formula is C16H24BrN. The highest BCUT2D eigenvalue weighted by Crippen LogP contribution is 2.29. The van der Waals surface area contributed by atoms with Crippen LogP contribution in [0.2, 0.25) is 0 Å². The largest absolute Gasteiger partial charge is 0.310 e. The van der Waals surface area contributed by atoms with Gasteiger partial charge in [0.05, 0.1) is 0 Å². The number of benzene rings is 1. The summed E-state index contributed by atoms with van der Waals surface area (Å²) in [6, 6.07) is 7.33. The second-order valence-electron chi connectivity index (χ2n) is 5.84. The number of aryl methyl sites for hydroxylation is 1. The minimum Gasteiger partial charge on any atom is -0.310 e. The third kappa shape index (κ3) is 3.36. The van der Waals surface area contributed by atoms with Gasteiger partial charge in [-0.3, -0.25) is 0 Å². The number of halogens is 1. The van der Waals surface area contributed by atoms with Crippen LogP contribution in [0.4, 0.5) is 0 Å². The molecule has 0 aromatic heterocycles. The Morgan fingerprint density at radius 2 is 2.06 bits per heavy atom. The van der Waals surface area contributed by atoms with Gasteiger partial charge in [-0.1, -0.05) is 54.8 Å². The molecule has 1 aromatic carbocycles. The second kappa shape index (κ2) is 6.21. The fraction of sp³-hybridized carbons (Fsp3) is 0.625. The number of hydrogen-bond acceptors (Lipinski definition) is 1. The molecule has 1 nitrogen and oxygen atoms in total. The van der Waals surface area contributed by atoms with Crippen LogP contribution in [0.1, 0.15) is 44.2 Å². The van der Waals surface area contributed by atoms with Gasteiger partial charge in [-0.05, 0) is 42.4 Å². The van der Waals surface area contributed by atoms with Crippen LogP contribution in [0.5, 0.6) is 0 Å². The Morgan fingerprint density at radius 1 is 1.28 bits per heavy atom. The van der Waals surface area contributed by atoms with Crippen molar-refractivity contribution in [3.63, 3.8) is 0 Å². The van der Waals surface area contributed by atoms with Crippen LogP contribution in [-0.4, -0.2) is 6.04 Å². The van der Waals surface area contributed by atoms with E-state index in [1.807, 2.05) is 0 Å². The van der Waals surface area contributed by atoms with Gasteiger partial charge >= 0.3 is 0 Å². The van der Waals surface area contributed by atoms with E-state index in [0.29, 0.717) is 6.04 Å². The fourth-order valence-corrected chi connectivity index (χ4v) is 3.18. The van der Waals surface area contributed by atoms with Gasteiger partial charge in [0.1, 0.15) is 0 Å². The summed E-state index contributed by atoms with van der Waals surface area (Å²) in [6.45, 7) is 7.94. The first-order valence-electron chi connectivity index (χ1n) is 7.06. The molecular weight excluding hydrogens is 286 g/mol. The van der Waals surface area contributed by atoms with Gasteiger partial charge in [0.25, 0.3) is 0 Å². The average molecular weight is 310 g/mol. The minimum absolute atomic E-state index is 0.692. The van der Waals surface area contributed by atoms with E-state index in [-0.39, 0.29) is 0 Å². The third-order valence-electron chi connectivity index (χ3n) is 4.50. The minimum atomic E-state index is 0.692. The lowest BCUT2D eigenvalue weighted by Gasteiger charge is -2.34. The van der Waals surface area contributed by atoms with Crippen molar-refractivity contribution >= 4 is 15.9 Å². The highest BCUT2D eigenvalue weighted by Gasteiger charge is 2.26. The first-order valence-corrected chi connectivity index (χ1v) is 7.85. The van der Waals surface area contributed by atoms with E-state index in [0.717, 1.165) is 18.4 Å². The highest BCUT2D eigenvalue weighted by atomic mass is 79.9. The molecule has 0 radical (unpaired) electrons. The lowest BCUT2D eigenvalue weighted by atomic mass is 9.78. The van der Waals surface area contributed by atoms with Crippen LogP contribution in [0, 0.1) is 18.8 Å². The van der Waals surface area contributed by atoms with Crippen molar-refractivity contribution in [3.8, 4) is 0 Å². The molecule has 0 aliphatic heterocycles. The van der Waals surface area contributed by atoms with Crippen LogP contribution < -0.4 is 5.32 Å². The van der Waals surface area contributed by atoms with E-state index in [2.05, 4.69) is 60.2 Å². The maximum Gasteiger partial charge on any atom is 0.0208 e. The van der Waals surface area contributed by atoms with Crippen molar-refractivity contribution < 1.29 is 0 Å². The molecule has 2 rings (SSSR count). The lowest BCUT2D eigenvalue weighted by molar-refractivity contribution is 0.206. The molecule has 0 bridgehead atoms. The number of nitrogens with one attached hydrogen (secondary N) is 1. The van der Waals surface area contributed by atoms with Gasteiger partial charge in [0, 0.05) is 17.1 Å². The average Bonchev–Trinajstić information content (AvgIpc) is 2.35. The van der Waals surface area contributed by atoms with Crippen LogP contribution in [0.15, 0.2) is 22.7 Å². The Balaban J connectivity index is 1.92. The van der Waals surface area contributed by atoms with Crippen LogP contribution in [0.25, 0.3) is 0 Å². The fourth-order valence-electron chi connectivity index (χ4n) is 2.94. The van der Waals surface area contributed by atoms with E-state index in [4.69, 9.17) is 0 Å². The Morgan fingerprint density at radius 3 is 2.78 bits per heavy atom. The maximum absolute atomic E-state index is 3.75. The molecule has 3 atom stereocenters. The standard InChI is InChI=1S/C16H24BrN/c1-11-5-4-6-16(13(11)3)18-10-14-7-8-15(17)12(2)9-14/h7-9,11,13,16,18H,4-6,10H2,1-3H3. The smallest absolute Gasteiger partial charge is 0.0208 e. The van der Waals surface area contributed by atoms with Crippen molar-refractivity contribution in [2.75, 3.05) is 0 Å². The number of rotatable bonds is 3. The molecule has 100 valence electrons. The van der Waals surface area contributed by atoms with Crippen molar-refractivity contribution in [2.24, 2.45) is 11.8 Å². The molecule has 1 saturated carbocycles. The van der Waals surface area contributed by atoms with Crippen molar-refractivity contribution in [3.05, 3.63) is 33.8 Å². The summed E-state index contributed by atoms with van der Waals surface area (Å²) in [4.78, 5) is 0. The molecule has 0 amide bonds. The molecule has 1 aliphatic rings. The Labute approximate surface area is 119 Å². The molecule has 2 heteroatoms. The summed E-state index contributed by atoms with van der Waals surface area (Å²) in [6.07, 6.45) is 4.11. The van der Waals surface area contributed by atoms with E-state index >= 15 is 0 Å². The first-order chi connectivity index (χ1) is 8.58. The van der Waals surface area contributed by atoms with Crippen molar-refractivity contribution in [1.29, 1.82) is 0 Å². The highest BCUT2D eigenvalue weighted by molar-refractivity contribution is 9.10. The van der Waals surface area contributed by atoms with Crippen LogP contribution >= 0.6 is 15.9 Å². The molecule has 1 fully saturated rings. The van der Waals surface area contributed by atoms with Crippen molar-refractivity contribution in [2.45, 2.75) is 52.6 Å². The van der Waals surface area contributed by atoms with Crippen LogP contribution in [0.3, 0.4) is 0 Å². The predicted molar refractivity (Wildman–Crippen MR) is 81.7 cm³/mol. The van der Waals surface area contributed by atoms with E-state index < -0.39 is 0 Å². The SMILES string of the molecule is Cc1cc(CNC2CCCC(C)C2C)ccc1Br. The molecule has 0 heterocycles. The van der Waals surface area contributed by atoms with Gasteiger partial charge in [0.15, 0.2) is 0 Å². The molecule has 0 spiro atoms. The normalized spacial score (nSPS) is 28.3. The maximum atomic E-state index is 3.75. The summed E-state index contributed by atoms with van der Waals surface area (Å²) in [5.41, 5.74) is 2.71. The summed E-state index contributed by atoms with van der Waals surface area (Å²) in [5.74, 6) is 1.66. The second-order valence-corrected chi connectivity index (χ2v) is 6.69. The molecule has 1 aliphatic carbocycles. The van der Waals surface area contributed by atoms with Gasteiger partial charge in [0.2, 0.25) is 0 Å². The lowest BCUT2D eigenvalue weighted by Crippen LogP contribution is -2.40. The predicted octanol–water partition coefficient (Wildman–Crippen LogP) is 4.67. The molecule has 18 heavy (non-hydrogen) atoms. The number of hydrogen-bond donors (Lipinski definition) is 1. The van der Waals surface area contributed by atoms with Gasteiger partial charge < -0.3 is 5.32 Å². The monoisotopic (exact) mass is 309 g/mol. The van der Waals surface area contributed by atoms with Gasteiger partial charge in [-0.2, -0.15) is 0 Å². The van der Waals surface area contributed by atoms with Gasteiger partial charge in [-0.15, -0.1) is 0 Å².